The van der Waals surface area contributed by atoms with E-state index in [1.165, 1.54) is 36.5 Å². The molecule has 3 heterocycles. The van der Waals surface area contributed by atoms with E-state index in [9.17, 15) is 27.2 Å². The Balaban J connectivity index is 1.35. The zero-order valence-corrected chi connectivity index (χ0v) is 20.6. The quantitative estimate of drug-likeness (QED) is 0.351. The molecule has 1 aliphatic carbocycles. The Bertz CT molecular complexity index is 1620. The monoisotopic (exact) mass is 545 g/mol. The van der Waals surface area contributed by atoms with Gasteiger partial charge in [0, 0.05) is 12.6 Å². The van der Waals surface area contributed by atoms with Crippen molar-refractivity contribution in [2.45, 2.75) is 44.4 Å². The molecule has 0 saturated heterocycles. The van der Waals surface area contributed by atoms with Crippen molar-refractivity contribution in [1.82, 2.24) is 29.7 Å². The van der Waals surface area contributed by atoms with Gasteiger partial charge in [0.1, 0.15) is 11.4 Å². The van der Waals surface area contributed by atoms with E-state index >= 15 is 0 Å². The molecule has 1 aromatic carbocycles. The first-order chi connectivity index (χ1) is 18.6. The molecular weight excluding hydrogens is 522 g/mol. The zero-order chi connectivity index (χ0) is 27.7. The van der Waals surface area contributed by atoms with Gasteiger partial charge in [0.05, 0.1) is 54.2 Å². The summed E-state index contributed by atoms with van der Waals surface area (Å²) in [5, 5.41) is 8.22. The molecule has 1 unspecified atom stereocenters. The summed E-state index contributed by atoms with van der Waals surface area (Å²) in [6.07, 6.45) is 2.78. The van der Waals surface area contributed by atoms with Gasteiger partial charge in [-0.1, -0.05) is 6.42 Å². The van der Waals surface area contributed by atoms with Crippen LogP contribution >= 0.6 is 0 Å². The summed E-state index contributed by atoms with van der Waals surface area (Å²) in [4.78, 5) is 37.4. The number of hydrogen-bond acceptors (Lipinski definition) is 8. The number of ether oxygens (including phenoxy) is 1. The number of aromatic nitrogens is 6. The summed E-state index contributed by atoms with van der Waals surface area (Å²) in [6.45, 7) is 0.255. The number of alkyl halides is 3. The van der Waals surface area contributed by atoms with E-state index in [4.69, 9.17) is 4.74 Å². The number of nitrogens with zero attached hydrogens (tertiary/aromatic N) is 5. The van der Waals surface area contributed by atoms with Crippen molar-refractivity contribution >= 4 is 16.6 Å². The van der Waals surface area contributed by atoms with Gasteiger partial charge in [-0.25, -0.2) is 24.4 Å². The molecule has 1 aliphatic rings. The Labute approximate surface area is 218 Å². The van der Waals surface area contributed by atoms with Gasteiger partial charge in [0.25, 0.3) is 11.1 Å². The van der Waals surface area contributed by atoms with E-state index in [0.717, 1.165) is 18.7 Å². The van der Waals surface area contributed by atoms with Crippen LogP contribution in [0.5, 0.6) is 5.75 Å². The molecule has 204 valence electrons. The lowest BCUT2D eigenvalue weighted by molar-refractivity contribution is -0.138. The molecule has 0 bridgehead atoms. The number of methoxy groups -OCH3 is 1. The number of rotatable bonds is 6. The summed E-state index contributed by atoms with van der Waals surface area (Å²) in [6, 6.07) is 2.16. The summed E-state index contributed by atoms with van der Waals surface area (Å²) >= 11 is 0. The van der Waals surface area contributed by atoms with Gasteiger partial charge in [0.2, 0.25) is 0 Å². The zero-order valence-electron chi connectivity index (χ0n) is 20.6. The van der Waals surface area contributed by atoms with Gasteiger partial charge in [0.15, 0.2) is 11.6 Å². The van der Waals surface area contributed by atoms with E-state index in [-0.39, 0.29) is 46.5 Å². The Morgan fingerprint density at radius 2 is 1.90 bits per heavy atom. The lowest BCUT2D eigenvalue weighted by Gasteiger charge is -2.31. The average Bonchev–Trinajstić information content (AvgIpc) is 2.90. The van der Waals surface area contributed by atoms with Crippen LogP contribution in [-0.2, 0) is 12.7 Å². The summed E-state index contributed by atoms with van der Waals surface area (Å²) in [5.74, 6) is -0.213. The molecule has 10 nitrogen and oxygen atoms in total. The van der Waals surface area contributed by atoms with Crippen molar-refractivity contribution < 1.29 is 22.3 Å². The Kier molecular flexibility index (Phi) is 7.02. The highest BCUT2D eigenvalue weighted by Gasteiger charge is 2.38. The van der Waals surface area contributed by atoms with E-state index in [0.29, 0.717) is 25.0 Å². The van der Waals surface area contributed by atoms with Gasteiger partial charge in [-0.2, -0.15) is 18.3 Å². The molecule has 2 N–H and O–H groups in total. The number of H-pyrrole nitrogens is 1. The maximum atomic E-state index is 15.0. The van der Waals surface area contributed by atoms with E-state index in [1.807, 2.05) is 5.10 Å². The minimum atomic E-state index is -4.84. The van der Waals surface area contributed by atoms with Gasteiger partial charge in [-0.05, 0) is 37.3 Å². The molecule has 4 aromatic rings. The Hall–Kier alpha value is -4.36. The number of benzene rings is 1. The normalized spacial score (nSPS) is 17.8. The maximum absolute atomic E-state index is 15.0. The van der Waals surface area contributed by atoms with Gasteiger partial charge in [-0.15, -0.1) is 0 Å². The molecule has 1 saturated carbocycles. The van der Waals surface area contributed by atoms with Crippen LogP contribution < -0.4 is 21.2 Å². The highest BCUT2D eigenvalue weighted by molar-refractivity contribution is 5.82. The molecule has 39 heavy (non-hydrogen) atoms. The highest BCUT2D eigenvalue weighted by atomic mass is 19.4. The Morgan fingerprint density at radius 3 is 2.62 bits per heavy atom. The largest absolute Gasteiger partial charge is 0.494 e. The Morgan fingerprint density at radius 1 is 1.13 bits per heavy atom. The number of aromatic amines is 1. The number of halogens is 4. The molecule has 3 aromatic heterocycles. The third kappa shape index (κ3) is 5.45. The minimum absolute atomic E-state index is 0.0608. The van der Waals surface area contributed by atoms with Crippen LogP contribution in [0.4, 0.5) is 23.2 Å². The summed E-state index contributed by atoms with van der Waals surface area (Å²) in [7, 11) is 1.46. The van der Waals surface area contributed by atoms with Crippen LogP contribution in [0.25, 0.3) is 22.3 Å². The van der Waals surface area contributed by atoms with Crippen molar-refractivity contribution in [3.05, 3.63) is 69.1 Å². The van der Waals surface area contributed by atoms with Crippen molar-refractivity contribution in [1.29, 1.82) is 0 Å². The first-order valence-corrected chi connectivity index (χ1v) is 12.1. The van der Waals surface area contributed by atoms with E-state index < -0.39 is 28.7 Å². The molecular formula is C25H23F4N7O3. The number of hydrogen-bond donors (Lipinski definition) is 2. The first kappa shape index (κ1) is 26.3. The lowest BCUT2D eigenvalue weighted by atomic mass is 9.85. The molecule has 0 radical (unpaired) electrons. The van der Waals surface area contributed by atoms with Crippen LogP contribution in [0, 0.1) is 11.7 Å². The summed E-state index contributed by atoms with van der Waals surface area (Å²) in [5.41, 5.74) is -3.10. The number of anilines is 1. The van der Waals surface area contributed by atoms with Gasteiger partial charge >= 0.3 is 6.18 Å². The predicted octanol–water partition coefficient (Wildman–Crippen LogP) is 3.77. The molecule has 5 rings (SSSR count). The van der Waals surface area contributed by atoms with Crippen molar-refractivity contribution in [2.75, 3.05) is 12.4 Å². The third-order valence-electron chi connectivity index (χ3n) is 6.75. The average molecular weight is 545 g/mol. The smallest absolute Gasteiger partial charge is 0.423 e. The standard InChI is InChI=1S/C25H23F4N7O3/c1-39-15-8-30-22(31-9-15)16-7-19-17(6-18(16)26)24(38)36(12-32-19)11-13-3-2-4-14(5-13)34-20-10-33-35-23(37)21(20)25(27,28)29/h6-10,12-14H,2-5,11H2,1H3,(H2,34,35,37)/t13?,14-/m0/s1. The second kappa shape index (κ2) is 10.4. The van der Waals surface area contributed by atoms with Crippen LogP contribution in [0.1, 0.15) is 31.2 Å². The molecule has 2 atom stereocenters. The fourth-order valence-electron chi connectivity index (χ4n) is 4.92. The van der Waals surface area contributed by atoms with Crippen molar-refractivity contribution in [3.63, 3.8) is 0 Å². The number of fused-ring (bicyclic) bond motifs is 1. The van der Waals surface area contributed by atoms with Gasteiger partial charge in [-0.3, -0.25) is 14.2 Å². The van der Waals surface area contributed by atoms with Crippen LogP contribution in [0.3, 0.4) is 0 Å². The molecule has 1 fully saturated rings. The molecule has 14 heteroatoms. The fourth-order valence-corrected chi connectivity index (χ4v) is 4.92. The fraction of sp³-hybridized carbons (Fsp3) is 0.360. The van der Waals surface area contributed by atoms with Crippen LogP contribution in [0.2, 0.25) is 0 Å². The maximum Gasteiger partial charge on any atom is 0.423 e. The second-order valence-electron chi connectivity index (χ2n) is 9.36. The second-order valence-corrected chi connectivity index (χ2v) is 9.36. The minimum Gasteiger partial charge on any atom is -0.494 e. The van der Waals surface area contributed by atoms with Crippen molar-refractivity contribution in [3.8, 4) is 17.1 Å². The highest BCUT2D eigenvalue weighted by Crippen LogP contribution is 2.34. The van der Waals surface area contributed by atoms with Crippen LogP contribution in [0.15, 0.2) is 46.6 Å². The van der Waals surface area contributed by atoms with E-state index in [2.05, 4.69) is 25.4 Å². The topological polar surface area (TPSA) is 128 Å². The molecule has 0 spiro atoms. The van der Waals surface area contributed by atoms with Gasteiger partial charge < -0.3 is 10.1 Å². The molecule has 0 aliphatic heterocycles. The third-order valence-corrected chi connectivity index (χ3v) is 6.75. The van der Waals surface area contributed by atoms with Crippen molar-refractivity contribution in [2.24, 2.45) is 5.92 Å². The lowest BCUT2D eigenvalue weighted by Crippen LogP contribution is -2.34. The number of nitrogens with one attached hydrogen (secondary N) is 2. The predicted molar refractivity (Wildman–Crippen MR) is 133 cm³/mol. The van der Waals surface area contributed by atoms with E-state index in [1.54, 1.807) is 0 Å². The SMILES string of the molecule is COc1cnc(-c2cc3ncn(CC4CCC[C@H](Nc5cn[nH]c(=O)c5C(F)(F)F)C4)c(=O)c3cc2F)nc1. The first-order valence-electron chi connectivity index (χ1n) is 12.1. The summed E-state index contributed by atoms with van der Waals surface area (Å²) < 4.78 is 61.6. The molecule has 0 amide bonds. The van der Waals surface area contributed by atoms with Crippen LogP contribution in [-0.4, -0.2) is 42.9 Å².